The molecule has 2 heterocycles. The van der Waals surface area contributed by atoms with Gasteiger partial charge in [-0.3, -0.25) is 4.79 Å². The number of aromatic nitrogens is 1. The van der Waals surface area contributed by atoms with Gasteiger partial charge in [-0.1, -0.05) is 18.2 Å². The van der Waals surface area contributed by atoms with Crippen molar-refractivity contribution in [3.8, 4) is 0 Å². The summed E-state index contributed by atoms with van der Waals surface area (Å²) in [5.41, 5.74) is 1.75. The molecule has 0 radical (unpaired) electrons. The lowest BCUT2D eigenvalue weighted by molar-refractivity contribution is 0.0678. The van der Waals surface area contributed by atoms with Gasteiger partial charge in [-0.15, -0.1) is 0 Å². The van der Waals surface area contributed by atoms with Crippen LogP contribution in [0.15, 0.2) is 30.5 Å². The van der Waals surface area contributed by atoms with Crippen molar-refractivity contribution in [1.29, 1.82) is 0 Å². The van der Waals surface area contributed by atoms with Crippen molar-refractivity contribution in [2.24, 2.45) is 13.0 Å². The zero-order valence-corrected chi connectivity index (χ0v) is 14.8. The number of rotatable bonds is 4. The lowest BCUT2D eigenvalue weighted by atomic mass is 9.97. The summed E-state index contributed by atoms with van der Waals surface area (Å²) in [6.45, 7) is 1.69. The van der Waals surface area contributed by atoms with E-state index in [0.29, 0.717) is 18.7 Å². The number of carbonyl (C=O) groups excluding carboxylic acids is 1. The topological polar surface area (TPSA) is 71.4 Å². The molecule has 1 fully saturated rings. The number of para-hydroxylation sites is 1. The molecule has 1 aliphatic heterocycles. The second kappa shape index (κ2) is 6.57. The molecule has 0 saturated carbocycles. The number of sulfonamides is 1. The third kappa shape index (κ3) is 3.62. The van der Waals surface area contributed by atoms with Gasteiger partial charge in [-0.2, -0.15) is 0 Å². The number of carbonyl (C=O) groups is 1. The first-order valence-corrected chi connectivity index (χ1v) is 10.0. The van der Waals surface area contributed by atoms with Crippen LogP contribution >= 0.6 is 0 Å². The Morgan fingerprint density at radius 3 is 2.83 bits per heavy atom. The van der Waals surface area contributed by atoms with Crippen molar-refractivity contribution in [2.45, 2.75) is 12.8 Å². The highest BCUT2D eigenvalue weighted by Gasteiger charge is 2.26. The lowest BCUT2D eigenvalue weighted by Crippen LogP contribution is -2.43. The van der Waals surface area contributed by atoms with Crippen molar-refractivity contribution in [2.75, 3.05) is 25.9 Å². The molecule has 1 saturated heterocycles. The summed E-state index contributed by atoms with van der Waals surface area (Å²) in [5, 5.41) is 0.960. The minimum absolute atomic E-state index is 0.0239. The summed E-state index contributed by atoms with van der Waals surface area (Å²) >= 11 is 0. The maximum atomic E-state index is 12.9. The Kier molecular flexibility index (Phi) is 4.64. The molecule has 2 aromatic rings. The largest absolute Gasteiger partial charge is 0.350 e. The van der Waals surface area contributed by atoms with Crippen LogP contribution in [0.1, 0.15) is 23.2 Å². The SMILES string of the molecule is Cn1cc(C(=O)N2CCCC(CNS(C)(=O)=O)C2)c2ccccc21. The number of aryl methyl sites for hydroxylation is 1. The summed E-state index contributed by atoms with van der Waals surface area (Å²) in [7, 11) is -1.26. The first kappa shape index (κ1) is 17.0. The van der Waals surface area contributed by atoms with Gasteiger partial charge in [0.2, 0.25) is 10.0 Å². The zero-order valence-electron chi connectivity index (χ0n) is 14.0. The van der Waals surface area contributed by atoms with E-state index in [1.165, 1.54) is 0 Å². The molecule has 1 amide bonds. The van der Waals surface area contributed by atoms with Gasteiger partial charge in [0.15, 0.2) is 0 Å². The highest BCUT2D eigenvalue weighted by Crippen LogP contribution is 2.24. The zero-order chi connectivity index (χ0) is 17.3. The van der Waals surface area contributed by atoms with E-state index in [9.17, 15) is 13.2 Å². The van der Waals surface area contributed by atoms with Crippen LogP contribution in [0.4, 0.5) is 0 Å². The van der Waals surface area contributed by atoms with Gasteiger partial charge in [0.1, 0.15) is 0 Å². The maximum absolute atomic E-state index is 12.9. The molecule has 130 valence electrons. The third-order valence-electron chi connectivity index (χ3n) is 4.57. The van der Waals surface area contributed by atoms with Crippen LogP contribution in [0.3, 0.4) is 0 Å². The monoisotopic (exact) mass is 349 g/mol. The van der Waals surface area contributed by atoms with Crippen LogP contribution in [0.2, 0.25) is 0 Å². The van der Waals surface area contributed by atoms with E-state index in [-0.39, 0.29) is 11.8 Å². The van der Waals surface area contributed by atoms with Crippen molar-refractivity contribution in [1.82, 2.24) is 14.2 Å². The average Bonchev–Trinajstić information content (AvgIpc) is 2.89. The summed E-state index contributed by atoms with van der Waals surface area (Å²) in [6, 6.07) is 7.87. The Balaban J connectivity index is 1.76. The summed E-state index contributed by atoms with van der Waals surface area (Å²) in [6.07, 6.45) is 4.87. The van der Waals surface area contributed by atoms with Crippen LogP contribution in [-0.4, -0.2) is 49.7 Å². The van der Waals surface area contributed by atoms with Crippen LogP contribution in [0.5, 0.6) is 0 Å². The maximum Gasteiger partial charge on any atom is 0.256 e. The van der Waals surface area contributed by atoms with E-state index in [1.54, 1.807) is 0 Å². The van der Waals surface area contributed by atoms with Crippen LogP contribution < -0.4 is 4.72 Å². The highest BCUT2D eigenvalue weighted by molar-refractivity contribution is 7.88. The number of likely N-dealkylation sites (tertiary alicyclic amines) is 1. The van der Waals surface area contributed by atoms with Crippen LogP contribution in [0, 0.1) is 5.92 Å². The summed E-state index contributed by atoms with van der Waals surface area (Å²) in [5.74, 6) is 0.184. The van der Waals surface area contributed by atoms with Gasteiger partial charge in [-0.05, 0) is 24.8 Å². The molecule has 6 nitrogen and oxygen atoms in total. The number of nitrogens with one attached hydrogen (secondary N) is 1. The molecular formula is C17H23N3O3S. The molecule has 1 aliphatic rings. The van der Waals surface area contributed by atoms with Crippen molar-refractivity contribution >= 4 is 26.8 Å². The fraction of sp³-hybridized carbons (Fsp3) is 0.471. The van der Waals surface area contributed by atoms with Crippen molar-refractivity contribution in [3.05, 3.63) is 36.0 Å². The predicted octanol–water partition coefficient (Wildman–Crippen LogP) is 1.58. The molecule has 1 N–H and O–H groups in total. The molecule has 1 aromatic carbocycles. The number of hydrogen-bond donors (Lipinski definition) is 1. The van der Waals surface area contributed by atoms with Gasteiger partial charge in [0.25, 0.3) is 5.91 Å². The second-order valence-corrected chi connectivity index (χ2v) is 8.38. The molecule has 0 spiro atoms. The first-order chi connectivity index (χ1) is 11.3. The van der Waals surface area contributed by atoms with E-state index in [4.69, 9.17) is 0 Å². The second-order valence-electron chi connectivity index (χ2n) is 6.55. The number of amides is 1. The molecule has 1 unspecified atom stereocenters. The van der Waals surface area contributed by atoms with Gasteiger partial charge >= 0.3 is 0 Å². The lowest BCUT2D eigenvalue weighted by Gasteiger charge is -2.32. The summed E-state index contributed by atoms with van der Waals surface area (Å²) in [4.78, 5) is 14.8. The van der Waals surface area contributed by atoms with Crippen molar-refractivity contribution in [3.63, 3.8) is 0 Å². The van der Waals surface area contributed by atoms with Gasteiger partial charge in [-0.25, -0.2) is 13.1 Å². The highest BCUT2D eigenvalue weighted by atomic mass is 32.2. The molecule has 24 heavy (non-hydrogen) atoms. The Labute approximate surface area is 142 Å². The molecule has 3 rings (SSSR count). The Hall–Kier alpha value is -1.86. The van der Waals surface area contributed by atoms with Gasteiger partial charge in [0, 0.05) is 43.8 Å². The summed E-state index contributed by atoms with van der Waals surface area (Å²) < 4.78 is 27.1. The minimum atomic E-state index is -3.20. The molecule has 0 bridgehead atoms. The van der Waals surface area contributed by atoms with Gasteiger partial charge in [0.05, 0.1) is 11.8 Å². The number of nitrogens with zero attached hydrogens (tertiary/aromatic N) is 2. The predicted molar refractivity (Wildman–Crippen MR) is 94.4 cm³/mol. The standard InChI is InChI=1S/C17H23N3O3S/c1-19-12-15(14-7-3-4-8-16(14)19)17(21)20-9-5-6-13(11-20)10-18-24(2,22)23/h3-4,7-8,12-13,18H,5-6,9-11H2,1-2H3. The minimum Gasteiger partial charge on any atom is -0.350 e. The number of piperidine rings is 1. The average molecular weight is 349 g/mol. The smallest absolute Gasteiger partial charge is 0.256 e. The fourth-order valence-electron chi connectivity index (χ4n) is 3.37. The molecular weight excluding hydrogens is 326 g/mol. The first-order valence-electron chi connectivity index (χ1n) is 8.13. The Bertz CT molecular complexity index is 857. The number of fused-ring (bicyclic) bond motifs is 1. The Morgan fingerprint density at radius 2 is 2.08 bits per heavy atom. The molecule has 7 heteroatoms. The fourth-order valence-corrected chi connectivity index (χ4v) is 3.91. The quantitative estimate of drug-likeness (QED) is 0.911. The van der Waals surface area contributed by atoms with Crippen molar-refractivity contribution < 1.29 is 13.2 Å². The Morgan fingerprint density at radius 1 is 1.33 bits per heavy atom. The normalized spacial score (nSPS) is 18.9. The molecule has 0 aliphatic carbocycles. The van der Waals surface area contributed by atoms with E-state index < -0.39 is 10.0 Å². The molecule has 1 atom stereocenters. The van der Waals surface area contributed by atoms with E-state index in [0.717, 1.165) is 36.5 Å². The number of hydrogen-bond acceptors (Lipinski definition) is 3. The van der Waals surface area contributed by atoms with Crippen LogP contribution in [0.25, 0.3) is 10.9 Å². The van der Waals surface area contributed by atoms with E-state index in [1.807, 2.05) is 47.0 Å². The number of benzene rings is 1. The van der Waals surface area contributed by atoms with Gasteiger partial charge < -0.3 is 9.47 Å². The van der Waals surface area contributed by atoms with E-state index >= 15 is 0 Å². The van der Waals surface area contributed by atoms with E-state index in [2.05, 4.69) is 4.72 Å². The van der Waals surface area contributed by atoms with Crippen LogP contribution in [-0.2, 0) is 17.1 Å². The third-order valence-corrected chi connectivity index (χ3v) is 5.26. The molecule has 1 aromatic heterocycles.